The van der Waals surface area contributed by atoms with E-state index in [2.05, 4.69) is 23.5 Å². The van der Waals surface area contributed by atoms with Gasteiger partial charge in [0.2, 0.25) is 0 Å². The average molecular weight is 353 g/mol. The van der Waals surface area contributed by atoms with Crippen molar-refractivity contribution >= 4 is 0 Å². The van der Waals surface area contributed by atoms with Crippen LogP contribution < -0.4 is 4.74 Å². The van der Waals surface area contributed by atoms with Crippen LogP contribution in [0.4, 0.5) is 0 Å². The predicted molar refractivity (Wildman–Crippen MR) is 109 cm³/mol. The third-order valence-electron chi connectivity index (χ3n) is 4.50. The Morgan fingerprint density at radius 1 is 0.885 bits per heavy atom. The summed E-state index contributed by atoms with van der Waals surface area (Å²) in [6, 6.07) is 7.87. The highest BCUT2D eigenvalue weighted by molar-refractivity contribution is 5.55. The fourth-order valence-electron chi connectivity index (χ4n) is 2.95. The van der Waals surface area contributed by atoms with E-state index in [1.54, 1.807) is 6.08 Å². The Bertz CT molecular complexity index is 620. The highest BCUT2D eigenvalue weighted by Crippen LogP contribution is 2.19. The Morgan fingerprint density at radius 2 is 1.50 bits per heavy atom. The van der Waals surface area contributed by atoms with Crippen molar-refractivity contribution in [1.82, 2.24) is 9.97 Å². The zero-order valence-electron chi connectivity index (χ0n) is 16.1. The van der Waals surface area contributed by atoms with E-state index in [4.69, 9.17) is 4.74 Å². The van der Waals surface area contributed by atoms with E-state index in [0.29, 0.717) is 6.61 Å². The summed E-state index contributed by atoms with van der Waals surface area (Å²) in [6.07, 6.45) is 17.5. The van der Waals surface area contributed by atoms with Crippen molar-refractivity contribution < 1.29 is 4.74 Å². The smallest absolute Gasteiger partial charge is 0.159 e. The second-order valence-electron chi connectivity index (χ2n) is 6.76. The zero-order chi connectivity index (χ0) is 18.5. The van der Waals surface area contributed by atoms with Crippen molar-refractivity contribution in [3.05, 3.63) is 54.9 Å². The van der Waals surface area contributed by atoms with Crippen LogP contribution >= 0.6 is 0 Å². The minimum absolute atomic E-state index is 0.517. The highest BCUT2D eigenvalue weighted by atomic mass is 16.5. The van der Waals surface area contributed by atoms with Gasteiger partial charge >= 0.3 is 0 Å². The standard InChI is InChI=1S/C23H32N2O/c1-3-5-6-7-8-9-10-11-12-20-18-24-23(25-19-20)21-13-15-22(16-14-21)26-17-4-2/h4,13-16,18-19H,2-3,5-12,17H2,1H3. The molecule has 0 saturated carbocycles. The van der Waals surface area contributed by atoms with E-state index in [1.165, 1.54) is 56.9 Å². The van der Waals surface area contributed by atoms with Crippen molar-refractivity contribution in [2.24, 2.45) is 0 Å². The van der Waals surface area contributed by atoms with Gasteiger partial charge in [-0.25, -0.2) is 9.97 Å². The first kappa shape index (κ1) is 20.2. The molecular formula is C23H32N2O. The lowest BCUT2D eigenvalue weighted by Gasteiger charge is -2.06. The summed E-state index contributed by atoms with van der Waals surface area (Å²) in [7, 11) is 0. The Hall–Kier alpha value is -2.16. The van der Waals surface area contributed by atoms with Gasteiger partial charge in [0.15, 0.2) is 5.82 Å². The quantitative estimate of drug-likeness (QED) is 0.309. The highest BCUT2D eigenvalue weighted by Gasteiger charge is 2.03. The van der Waals surface area contributed by atoms with Crippen LogP contribution in [0.2, 0.25) is 0 Å². The lowest BCUT2D eigenvalue weighted by atomic mass is 10.1. The van der Waals surface area contributed by atoms with Crippen molar-refractivity contribution in [2.45, 2.75) is 64.7 Å². The zero-order valence-corrected chi connectivity index (χ0v) is 16.1. The summed E-state index contributed by atoms with van der Waals surface area (Å²) in [4.78, 5) is 9.04. The van der Waals surface area contributed by atoms with Crippen molar-refractivity contribution in [2.75, 3.05) is 6.61 Å². The van der Waals surface area contributed by atoms with Crippen molar-refractivity contribution in [1.29, 1.82) is 0 Å². The molecule has 3 heteroatoms. The average Bonchev–Trinajstić information content (AvgIpc) is 2.69. The maximum absolute atomic E-state index is 5.50. The van der Waals surface area contributed by atoms with Gasteiger partial charge in [-0.15, -0.1) is 0 Å². The number of aryl methyl sites for hydroxylation is 1. The summed E-state index contributed by atoms with van der Waals surface area (Å²) in [5.74, 6) is 1.60. The number of nitrogens with zero attached hydrogens (tertiary/aromatic N) is 2. The fourth-order valence-corrected chi connectivity index (χ4v) is 2.95. The van der Waals surface area contributed by atoms with E-state index in [-0.39, 0.29) is 0 Å². The molecule has 1 aromatic carbocycles. The molecular weight excluding hydrogens is 320 g/mol. The normalized spacial score (nSPS) is 10.7. The Balaban J connectivity index is 1.71. The maximum atomic E-state index is 5.50. The van der Waals surface area contributed by atoms with Crippen LogP contribution in [0, 0.1) is 0 Å². The molecule has 0 aliphatic heterocycles. The first-order valence-corrected chi connectivity index (χ1v) is 9.98. The summed E-state index contributed by atoms with van der Waals surface area (Å²) in [6.45, 7) is 6.43. The van der Waals surface area contributed by atoms with Crippen LogP contribution in [0.1, 0.15) is 63.9 Å². The fraction of sp³-hybridized carbons (Fsp3) is 0.478. The molecule has 1 aromatic heterocycles. The van der Waals surface area contributed by atoms with Crippen LogP contribution in [0.3, 0.4) is 0 Å². The summed E-state index contributed by atoms with van der Waals surface area (Å²) in [5, 5.41) is 0. The number of benzene rings is 1. The first-order valence-electron chi connectivity index (χ1n) is 9.98. The van der Waals surface area contributed by atoms with Gasteiger partial charge in [-0.05, 0) is 42.7 Å². The molecule has 2 aromatic rings. The Morgan fingerprint density at radius 3 is 2.12 bits per heavy atom. The second-order valence-corrected chi connectivity index (χ2v) is 6.76. The molecule has 0 atom stereocenters. The lowest BCUT2D eigenvalue weighted by Crippen LogP contribution is -1.95. The van der Waals surface area contributed by atoms with Crippen molar-refractivity contribution in [3.63, 3.8) is 0 Å². The second kappa shape index (κ2) is 12.2. The topological polar surface area (TPSA) is 35.0 Å². The molecule has 0 aliphatic rings. The minimum atomic E-state index is 0.517. The molecule has 0 radical (unpaired) electrons. The summed E-state index contributed by atoms with van der Waals surface area (Å²) in [5.41, 5.74) is 2.24. The molecule has 1 heterocycles. The molecule has 26 heavy (non-hydrogen) atoms. The number of hydrogen-bond donors (Lipinski definition) is 0. The molecule has 0 aliphatic carbocycles. The predicted octanol–water partition coefficient (Wildman–Crippen LogP) is 6.39. The van der Waals surface area contributed by atoms with Gasteiger partial charge in [0.25, 0.3) is 0 Å². The van der Waals surface area contributed by atoms with Gasteiger partial charge in [0.1, 0.15) is 12.4 Å². The number of rotatable bonds is 13. The third kappa shape index (κ3) is 7.38. The van der Waals surface area contributed by atoms with E-state index in [1.807, 2.05) is 36.7 Å². The van der Waals surface area contributed by atoms with Gasteiger partial charge < -0.3 is 4.74 Å². The molecule has 3 nitrogen and oxygen atoms in total. The number of ether oxygens (including phenoxy) is 1. The summed E-state index contributed by atoms with van der Waals surface area (Å²) < 4.78 is 5.50. The van der Waals surface area contributed by atoms with Crippen LogP contribution in [-0.4, -0.2) is 16.6 Å². The maximum Gasteiger partial charge on any atom is 0.159 e. The number of aromatic nitrogens is 2. The molecule has 0 spiro atoms. The molecule has 0 unspecified atom stereocenters. The SMILES string of the molecule is C=CCOc1ccc(-c2ncc(CCCCCCCCCC)cn2)cc1. The van der Waals surface area contributed by atoms with E-state index in [0.717, 1.165) is 23.6 Å². The first-order chi connectivity index (χ1) is 12.8. The molecule has 0 N–H and O–H groups in total. The Labute approximate surface area is 158 Å². The van der Waals surface area contributed by atoms with Gasteiger partial charge in [-0.2, -0.15) is 0 Å². The molecule has 0 saturated heterocycles. The lowest BCUT2D eigenvalue weighted by molar-refractivity contribution is 0.363. The van der Waals surface area contributed by atoms with E-state index in [9.17, 15) is 0 Å². The number of unbranched alkanes of at least 4 members (excludes halogenated alkanes) is 7. The van der Waals surface area contributed by atoms with Gasteiger partial charge in [0.05, 0.1) is 0 Å². The largest absolute Gasteiger partial charge is 0.490 e. The van der Waals surface area contributed by atoms with Gasteiger partial charge in [-0.1, -0.05) is 64.5 Å². The molecule has 0 amide bonds. The van der Waals surface area contributed by atoms with Crippen LogP contribution in [-0.2, 0) is 6.42 Å². The van der Waals surface area contributed by atoms with Crippen LogP contribution in [0.5, 0.6) is 5.75 Å². The van der Waals surface area contributed by atoms with Crippen molar-refractivity contribution in [3.8, 4) is 17.1 Å². The summed E-state index contributed by atoms with van der Waals surface area (Å²) >= 11 is 0. The van der Waals surface area contributed by atoms with Crippen LogP contribution in [0.15, 0.2) is 49.3 Å². The van der Waals surface area contributed by atoms with Gasteiger partial charge in [0, 0.05) is 18.0 Å². The molecule has 0 bridgehead atoms. The number of hydrogen-bond acceptors (Lipinski definition) is 3. The molecule has 0 fully saturated rings. The third-order valence-corrected chi connectivity index (χ3v) is 4.50. The molecule has 140 valence electrons. The Kier molecular flexibility index (Phi) is 9.48. The molecule has 2 rings (SSSR count). The van der Waals surface area contributed by atoms with E-state index < -0.39 is 0 Å². The van der Waals surface area contributed by atoms with Crippen LogP contribution in [0.25, 0.3) is 11.4 Å². The van der Waals surface area contributed by atoms with E-state index >= 15 is 0 Å². The van der Waals surface area contributed by atoms with Gasteiger partial charge in [-0.3, -0.25) is 0 Å². The minimum Gasteiger partial charge on any atom is -0.490 e. The monoisotopic (exact) mass is 352 g/mol.